The Hall–Kier alpha value is -2.74. The number of benzene rings is 1. The van der Waals surface area contributed by atoms with Crippen LogP contribution >= 0.6 is 0 Å². The molecule has 1 saturated heterocycles. The standard InChI is InChI=1S/C18H16F3N5/c19-18(20,21)12-5-3-11(4-6-12)15-16-14(2-1-8-23-16)17(26-25-15)24-13-7-9-22-10-13/h1-6,8,13,22H,7,9-10H2,(H,24,26). The number of nitrogens with one attached hydrogen (secondary N) is 2. The van der Waals surface area contributed by atoms with Gasteiger partial charge in [-0.05, 0) is 37.2 Å². The van der Waals surface area contributed by atoms with Gasteiger partial charge in [-0.15, -0.1) is 10.2 Å². The summed E-state index contributed by atoms with van der Waals surface area (Å²) >= 11 is 0. The molecule has 0 saturated carbocycles. The summed E-state index contributed by atoms with van der Waals surface area (Å²) in [5, 5.41) is 15.9. The number of nitrogens with zero attached hydrogens (tertiary/aromatic N) is 3. The zero-order valence-electron chi connectivity index (χ0n) is 13.7. The topological polar surface area (TPSA) is 62.7 Å². The van der Waals surface area contributed by atoms with Crippen LogP contribution in [0.4, 0.5) is 19.0 Å². The Balaban J connectivity index is 1.74. The quantitative estimate of drug-likeness (QED) is 0.750. The SMILES string of the molecule is FC(F)(F)c1ccc(-c2nnc(NC3CCNC3)c3cccnc23)cc1. The van der Waals surface area contributed by atoms with Crippen LogP contribution in [0.15, 0.2) is 42.6 Å². The minimum Gasteiger partial charge on any atom is -0.364 e. The second-order valence-corrected chi connectivity index (χ2v) is 6.21. The third-order valence-electron chi connectivity index (χ3n) is 4.42. The van der Waals surface area contributed by atoms with Crippen LogP contribution < -0.4 is 10.6 Å². The molecular weight excluding hydrogens is 343 g/mol. The average molecular weight is 359 g/mol. The van der Waals surface area contributed by atoms with Crippen molar-refractivity contribution in [3.05, 3.63) is 48.2 Å². The number of aromatic nitrogens is 3. The summed E-state index contributed by atoms with van der Waals surface area (Å²) in [4.78, 5) is 4.38. The van der Waals surface area contributed by atoms with Gasteiger partial charge < -0.3 is 10.6 Å². The van der Waals surface area contributed by atoms with Crippen molar-refractivity contribution in [2.75, 3.05) is 18.4 Å². The van der Waals surface area contributed by atoms with Crippen LogP contribution in [0.5, 0.6) is 0 Å². The van der Waals surface area contributed by atoms with Crippen molar-refractivity contribution >= 4 is 16.7 Å². The van der Waals surface area contributed by atoms with Gasteiger partial charge in [0.1, 0.15) is 11.2 Å². The zero-order valence-corrected chi connectivity index (χ0v) is 13.7. The molecule has 1 atom stereocenters. The lowest BCUT2D eigenvalue weighted by molar-refractivity contribution is -0.137. The molecule has 1 unspecified atom stereocenters. The van der Waals surface area contributed by atoms with Gasteiger partial charge in [0.15, 0.2) is 5.82 Å². The maximum absolute atomic E-state index is 12.8. The molecule has 8 heteroatoms. The molecule has 1 aliphatic rings. The Bertz CT molecular complexity index is 918. The molecule has 5 nitrogen and oxygen atoms in total. The van der Waals surface area contributed by atoms with Crippen molar-refractivity contribution < 1.29 is 13.2 Å². The number of hydrogen-bond acceptors (Lipinski definition) is 5. The number of pyridine rings is 1. The van der Waals surface area contributed by atoms with E-state index in [1.54, 1.807) is 12.3 Å². The summed E-state index contributed by atoms with van der Waals surface area (Å²) in [6, 6.07) is 8.84. The summed E-state index contributed by atoms with van der Waals surface area (Å²) in [5.41, 5.74) is 0.918. The van der Waals surface area contributed by atoms with Gasteiger partial charge in [0, 0.05) is 29.7 Å². The largest absolute Gasteiger partial charge is 0.416 e. The summed E-state index contributed by atoms with van der Waals surface area (Å²) in [6.45, 7) is 1.80. The second-order valence-electron chi connectivity index (χ2n) is 6.21. The first-order valence-electron chi connectivity index (χ1n) is 8.28. The normalized spacial score (nSPS) is 17.6. The molecule has 0 bridgehead atoms. The predicted molar refractivity (Wildman–Crippen MR) is 92.7 cm³/mol. The first-order valence-corrected chi connectivity index (χ1v) is 8.28. The van der Waals surface area contributed by atoms with E-state index in [0.717, 1.165) is 37.0 Å². The molecule has 4 rings (SSSR count). The number of rotatable bonds is 3. The Morgan fingerprint density at radius 2 is 1.88 bits per heavy atom. The van der Waals surface area contributed by atoms with Crippen LogP contribution in [0.25, 0.3) is 22.2 Å². The van der Waals surface area contributed by atoms with Crippen LogP contribution in [0, 0.1) is 0 Å². The summed E-state index contributed by atoms with van der Waals surface area (Å²) in [5.74, 6) is 0.637. The Labute approximate surface area is 147 Å². The average Bonchev–Trinajstić information content (AvgIpc) is 3.15. The fourth-order valence-electron chi connectivity index (χ4n) is 3.08. The fraction of sp³-hybridized carbons (Fsp3) is 0.278. The van der Waals surface area contributed by atoms with Crippen molar-refractivity contribution in [3.63, 3.8) is 0 Å². The third kappa shape index (κ3) is 3.20. The highest BCUT2D eigenvalue weighted by Crippen LogP contribution is 2.33. The van der Waals surface area contributed by atoms with Crippen molar-refractivity contribution in [1.29, 1.82) is 0 Å². The fourth-order valence-corrected chi connectivity index (χ4v) is 3.08. The molecule has 3 aromatic rings. The molecule has 1 aromatic carbocycles. The van der Waals surface area contributed by atoms with Crippen LogP contribution in [0.1, 0.15) is 12.0 Å². The van der Waals surface area contributed by atoms with E-state index >= 15 is 0 Å². The maximum Gasteiger partial charge on any atom is 0.416 e. The van der Waals surface area contributed by atoms with Crippen LogP contribution in [0.2, 0.25) is 0 Å². The van der Waals surface area contributed by atoms with Gasteiger partial charge in [-0.3, -0.25) is 4.98 Å². The molecule has 0 radical (unpaired) electrons. The number of halogens is 3. The summed E-state index contributed by atoms with van der Waals surface area (Å²) < 4.78 is 38.3. The molecule has 0 aliphatic carbocycles. The van der Waals surface area contributed by atoms with Gasteiger partial charge in [-0.25, -0.2) is 0 Å². The molecule has 2 aromatic heterocycles. The molecule has 134 valence electrons. The maximum atomic E-state index is 12.8. The molecule has 0 amide bonds. The van der Waals surface area contributed by atoms with E-state index in [1.165, 1.54) is 12.1 Å². The number of fused-ring (bicyclic) bond motifs is 1. The van der Waals surface area contributed by atoms with E-state index in [4.69, 9.17) is 0 Å². The van der Waals surface area contributed by atoms with E-state index < -0.39 is 11.7 Å². The van der Waals surface area contributed by atoms with Gasteiger partial charge in [0.25, 0.3) is 0 Å². The Kier molecular flexibility index (Phi) is 4.20. The van der Waals surface area contributed by atoms with Crippen molar-refractivity contribution in [3.8, 4) is 11.3 Å². The first-order chi connectivity index (χ1) is 12.5. The molecule has 0 spiro atoms. The molecule has 1 fully saturated rings. The van der Waals surface area contributed by atoms with Crippen LogP contribution in [-0.2, 0) is 6.18 Å². The highest BCUT2D eigenvalue weighted by molar-refractivity contribution is 5.97. The Morgan fingerprint density at radius 1 is 1.08 bits per heavy atom. The molecular formula is C18H16F3N5. The number of hydrogen-bond donors (Lipinski definition) is 2. The first kappa shape index (κ1) is 16.7. The third-order valence-corrected chi connectivity index (χ3v) is 4.42. The molecule has 2 N–H and O–H groups in total. The smallest absolute Gasteiger partial charge is 0.364 e. The highest BCUT2D eigenvalue weighted by atomic mass is 19.4. The minimum absolute atomic E-state index is 0.268. The van der Waals surface area contributed by atoms with Crippen LogP contribution in [-0.4, -0.2) is 34.3 Å². The summed E-state index contributed by atoms with van der Waals surface area (Å²) in [6.07, 6.45) is -1.74. The van der Waals surface area contributed by atoms with Gasteiger partial charge in [-0.1, -0.05) is 12.1 Å². The van der Waals surface area contributed by atoms with E-state index in [1.807, 2.05) is 6.07 Å². The van der Waals surface area contributed by atoms with Gasteiger partial charge in [0.2, 0.25) is 0 Å². The highest BCUT2D eigenvalue weighted by Gasteiger charge is 2.30. The lowest BCUT2D eigenvalue weighted by Gasteiger charge is -2.14. The zero-order chi connectivity index (χ0) is 18.1. The van der Waals surface area contributed by atoms with Gasteiger partial charge >= 0.3 is 6.18 Å². The van der Waals surface area contributed by atoms with E-state index in [-0.39, 0.29) is 6.04 Å². The van der Waals surface area contributed by atoms with E-state index in [9.17, 15) is 13.2 Å². The van der Waals surface area contributed by atoms with Crippen LogP contribution in [0.3, 0.4) is 0 Å². The Morgan fingerprint density at radius 3 is 2.58 bits per heavy atom. The van der Waals surface area contributed by atoms with Crippen molar-refractivity contribution in [2.24, 2.45) is 0 Å². The minimum atomic E-state index is -4.37. The lowest BCUT2D eigenvalue weighted by atomic mass is 10.1. The number of anilines is 1. The van der Waals surface area contributed by atoms with E-state index in [2.05, 4.69) is 25.8 Å². The predicted octanol–water partition coefficient (Wildman–Crippen LogP) is 3.48. The van der Waals surface area contributed by atoms with Crippen molar-refractivity contribution in [1.82, 2.24) is 20.5 Å². The lowest BCUT2D eigenvalue weighted by Crippen LogP contribution is -2.23. The van der Waals surface area contributed by atoms with Gasteiger partial charge in [-0.2, -0.15) is 13.2 Å². The van der Waals surface area contributed by atoms with Gasteiger partial charge in [0.05, 0.1) is 5.56 Å². The monoisotopic (exact) mass is 359 g/mol. The molecule has 1 aliphatic heterocycles. The molecule has 3 heterocycles. The number of alkyl halides is 3. The van der Waals surface area contributed by atoms with Crippen molar-refractivity contribution in [2.45, 2.75) is 18.6 Å². The second kappa shape index (κ2) is 6.53. The summed E-state index contributed by atoms with van der Waals surface area (Å²) in [7, 11) is 0. The van der Waals surface area contributed by atoms with E-state index in [0.29, 0.717) is 22.6 Å². The molecule has 26 heavy (non-hydrogen) atoms.